The molecule has 2 aromatic heterocycles. The molecule has 0 aliphatic rings. The van der Waals surface area contributed by atoms with Gasteiger partial charge in [0.15, 0.2) is 0 Å². The van der Waals surface area contributed by atoms with Crippen molar-refractivity contribution in [1.29, 1.82) is 0 Å². The van der Waals surface area contributed by atoms with Gasteiger partial charge < -0.3 is 0 Å². The number of fused-ring (bicyclic) bond motifs is 12. The molecular formula is C52H30S2. The highest BCUT2D eigenvalue weighted by Crippen LogP contribution is 2.47. The third-order valence-corrected chi connectivity index (χ3v) is 13.9. The first-order valence-corrected chi connectivity index (χ1v) is 20.1. The molecule has 12 rings (SSSR count). The minimum Gasteiger partial charge on any atom is -0.135 e. The Kier molecular flexibility index (Phi) is 6.48. The van der Waals surface area contributed by atoms with Gasteiger partial charge in [-0.25, -0.2) is 0 Å². The Bertz CT molecular complexity index is 3280. The zero-order valence-electron chi connectivity index (χ0n) is 29.1. The fourth-order valence-electron chi connectivity index (χ4n) is 9.10. The fourth-order valence-corrected chi connectivity index (χ4v) is 11.6. The summed E-state index contributed by atoms with van der Waals surface area (Å²) >= 11 is 3.81. The molecule has 0 N–H and O–H groups in total. The second-order valence-electron chi connectivity index (χ2n) is 14.3. The van der Waals surface area contributed by atoms with Crippen LogP contribution in [0.2, 0.25) is 0 Å². The minimum atomic E-state index is 1.23. The Balaban J connectivity index is 1.17. The van der Waals surface area contributed by atoms with Gasteiger partial charge in [-0.3, -0.25) is 0 Å². The van der Waals surface area contributed by atoms with Crippen LogP contribution in [0.3, 0.4) is 0 Å². The Morgan fingerprint density at radius 2 is 0.611 bits per heavy atom. The molecule has 0 amide bonds. The fraction of sp³-hybridized carbons (Fsp3) is 0. The summed E-state index contributed by atoms with van der Waals surface area (Å²) in [5, 5.41) is 15.6. The highest BCUT2D eigenvalue weighted by atomic mass is 32.1. The smallest absolute Gasteiger partial charge is 0.0434 e. The molecule has 0 fully saturated rings. The van der Waals surface area contributed by atoms with E-state index in [0.717, 1.165) is 0 Å². The summed E-state index contributed by atoms with van der Waals surface area (Å²) in [6.45, 7) is 0. The standard InChI is InChI=1S/C52H30S2/c1-2-12-31(13-3-1)50-40-20-8-18-34(32-16-10-22-42-36(32)26-28-44-38-14-4-6-24-48(38)53-51(42)44)46(40)30-47-35(19-9-21-41(47)50)33-17-11-23-43-37(33)27-29-45-39-15-5-7-25-49(39)54-52(43)45/h1-30H. The molecule has 10 aromatic carbocycles. The van der Waals surface area contributed by atoms with Gasteiger partial charge in [-0.15, -0.1) is 22.7 Å². The zero-order valence-corrected chi connectivity index (χ0v) is 30.8. The van der Waals surface area contributed by atoms with Gasteiger partial charge in [0.1, 0.15) is 0 Å². The van der Waals surface area contributed by atoms with Crippen LogP contribution >= 0.6 is 22.7 Å². The van der Waals surface area contributed by atoms with Gasteiger partial charge in [0.05, 0.1) is 0 Å². The molecule has 0 spiro atoms. The number of thiophene rings is 2. The summed E-state index contributed by atoms with van der Waals surface area (Å²) in [6, 6.07) is 67.9. The van der Waals surface area contributed by atoms with Crippen molar-refractivity contribution in [2.24, 2.45) is 0 Å². The van der Waals surface area contributed by atoms with E-state index in [0.29, 0.717) is 0 Å². The van der Waals surface area contributed by atoms with Crippen LogP contribution in [-0.4, -0.2) is 0 Å². The van der Waals surface area contributed by atoms with Crippen molar-refractivity contribution >= 4 is 106 Å². The van der Waals surface area contributed by atoms with Crippen molar-refractivity contribution in [3.05, 3.63) is 182 Å². The number of benzene rings is 10. The molecule has 0 atom stereocenters. The molecule has 2 heteroatoms. The Morgan fingerprint density at radius 1 is 0.241 bits per heavy atom. The van der Waals surface area contributed by atoms with Crippen molar-refractivity contribution in [2.75, 3.05) is 0 Å². The predicted octanol–water partition coefficient (Wildman–Crippen LogP) is 16.0. The van der Waals surface area contributed by atoms with E-state index >= 15 is 0 Å². The topological polar surface area (TPSA) is 0 Å². The van der Waals surface area contributed by atoms with Gasteiger partial charge in [0, 0.05) is 51.1 Å². The van der Waals surface area contributed by atoms with Crippen LogP contribution in [0, 0.1) is 0 Å². The van der Waals surface area contributed by atoms with Gasteiger partial charge in [-0.05, 0) is 83.9 Å². The summed E-state index contributed by atoms with van der Waals surface area (Å²) in [7, 11) is 0. The van der Waals surface area contributed by atoms with Gasteiger partial charge in [0.25, 0.3) is 0 Å². The molecule has 0 bridgehead atoms. The zero-order chi connectivity index (χ0) is 35.3. The van der Waals surface area contributed by atoms with Crippen molar-refractivity contribution in [2.45, 2.75) is 0 Å². The van der Waals surface area contributed by atoms with Crippen molar-refractivity contribution in [3.63, 3.8) is 0 Å². The highest BCUT2D eigenvalue weighted by molar-refractivity contribution is 7.27. The first-order chi connectivity index (χ1) is 26.8. The lowest BCUT2D eigenvalue weighted by molar-refractivity contribution is 1.66. The highest BCUT2D eigenvalue weighted by Gasteiger charge is 2.19. The largest absolute Gasteiger partial charge is 0.135 e. The SMILES string of the molecule is c1ccc(-c2c3cccc(-c4cccc5c4ccc4c6ccccc6sc54)c3cc3c(-c4cccc5c4ccc4c6ccccc6sc54)cccc23)cc1. The monoisotopic (exact) mass is 718 g/mol. The summed E-state index contributed by atoms with van der Waals surface area (Å²) in [6.07, 6.45) is 0. The first kappa shape index (κ1) is 30.2. The molecule has 0 unspecified atom stereocenters. The van der Waals surface area contributed by atoms with Crippen LogP contribution in [0.4, 0.5) is 0 Å². The third-order valence-electron chi connectivity index (χ3n) is 11.5. The van der Waals surface area contributed by atoms with Crippen molar-refractivity contribution < 1.29 is 0 Å². The Hall–Kier alpha value is -6.32. The molecule has 0 aliphatic heterocycles. The average Bonchev–Trinajstić information content (AvgIpc) is 3.82. The van der Waals surface area contributed by atoms with E-state index in [1.807, 2.05) is 22.7 Å². The summed E-state index contributed by atoms with van der Waals surface area (Å²) in [5.74, 6) is 0. The molecule has 0 saturated heterocycles. The van der Waals surface area contributed by atoms with Gasteiger partial charge >= 0.3 is 0 Å². The Labute approximate surface area is 319 Å². The molecule has 0 aliphatic carbocycles. The summed E-state index contributed by atoms with van der Waals surface area (Å²) < 4.78 is 5.39. The van der Waals surface area contributed by atoms with E-state index in [1.165, 1.54) is 117 Å². The second kappa shape index (κ2) is 11.6. The van der Waals surface area contributed by atoms with Crippen LogP contribution in [-0.2, 0) is 0 Å². The lowest BCUT2D eigenvalue weighted by Crippen LogP contribution is -1.91. The molecule has 2 heterocycles. The number of hydrogen-bond donors (Lipinski definition) is 0. The van der Waals surface area contributed by atoms with Crippen LogP contribution in [0.25, 0.3) is 117 Å². The number of hydrogen-bond acceptors (Lipinski definition) is 2. The lowest BCUT2D eigenvalue weighted by atomic mass is 9.85. The lowest BCUT2D eigenvalue weighted by Gasteiger charge is -2.18. The van der Waals surface area contributed by atoms with E-state index in [2.05, 4.69) is 182 Å². The maximum atomic E-state index is 2.48. The van der Waals surface area contributed by atoms with Gasteiger partial charge in [-0.2, -0.15) is 0 Å². The Morgan fingerprint density at radius 3 is 1.11 bits per heavy atom. The van der Waals surface area contributed by atoms with E-state index < -0.39 is 0 Å². The summed E-state index contributed by atoms with van der Waals surface area (Å²) in [5.41, 5.74) is 7.58. The molecular weight excluding hydrogens is 689 g/mol. The molecule has 0 saturated carbocycles. The normalized spacial score (nSPS) is 12.1. The van der Waals surface area contributed by atoms with Crippen LogP contribution in [0.1, 0.15) is 0 Å². The van der Waals surface area contributed by atoms with E-state index in [4.69, 9.17) is 0 Å². The van der Waals surface area contributed by atoms with E-state index in [1.54, 1.807) is 0 Å². The molecule has 250 valence electrons. The first-order valence-electron chi connectivity index (χ1n) is 18.5. The molecule has 0 nitrogen and oxygen atoms in total. The van der Waals surface area contributed by atoms with E-state index in [9.17, 15) is 0 Å². The van der Waals surface area contributed by atoms with Crippen molar-refractivity contribution in [3.8, 4) is 33.4 Å². The summed E-state index contributed by atoms with van der Waals surface area (Å²) in [4.78, 5) is 0. The number of rotatable bonds is 3. The average molecular weight is 719 g/mol. The van der Waals surface area contributed by atoms with Gasteiger partial charge in [-0.1, -0.05) is 164 Å². The van der Waals surface area contributed by atoms with Crippen LogP contribution in [0.15, 0.2) is 182 Å². The third kappa shape index (κ3) is 4.30. The van der Waals surface area contributed by atoms with Crippen LogP contribution < -0.4 is 0 Å². The predicted molar refractivity (Wildman–Crippen MR) is 239 cm³/mol. The molecule has 0 radical (unpaired) electrons. The minimum absolute atomic E-state index is 1.23. The van der Waals surface area contributed by atoms with Crippen LogP contribution in [0.5, 0.6) is 0 Å². The van der Waals surface area contributed by atoms with Crippen molar-refractivity contribution in [1.82, 2.24) is 0 Å². The van der Waals surface area contributed by atoms with Gasteiger partial charge in [0.2, 0.25) is 0 Å². The molecule has 54 heavy (non-hydrogen) atoms. The maximum Gasteiger partial charge on any atom is 0.0434 e. The molecule has 12 aromatic rings. The van der Waals surface area contributed by atoms with E-state index in [-0.39, 0.29) is 0 Å². The second-order valence-corrected chi connectivity index (χ2v) is 16.4. The maximum absolute atomic E-state index is 2.48. The quantitative estimate of drug-likeness (QED) is 0.160.